The number of esters is 2. The summed E-state index contributed by atoms with van der Waals surface area (Å²) in [5.74, 6) is -0.917. The van der Waals surface area contributed by atoms with Crippen molar-refractivity contribution in [3.8, 4) is 0 Å². The van der Waals surface area contributed by atoms with Crippen LogP contribution in [0.5, 0.6) is 0 Å². The molecule has 0 aromatic carbocycles. The Morgan fingerprint density at radius 1 is 1.00 bits per heavy atom. The second kappa shape index (κ2) is 4.90. The van der Waals surface area contributed by atoms with E-state index in [0.717, 1.165) is 6.42 Å². The summed E-state index contributed by atoms with van der Waals surface area (Å²) in [6.45, 7) is 4.26. The maximum atomic E-state index is 11.9. The van der Waals surface area contributed by atoms with Crippen LogP contribution in [-0.4, -0.2) is 25.2 Å². The summed E-state index contributed by atoms with van der Waals surface area (Å²) in [5.41, 5.74) is 0. The largest absolute Gasteiger partial charge is 0.466 e. The number of ether oxygens (including phenoxy) is 2. The molecule has 2 aliphatic carbocycles. The highest BCUT2D eigenvalue weighted by molar-refractivity contribution is 5.84. The van der Waals surface area contributed by atoms with Crippen LogP contribution in [0.2, 0.25) is 0 Å². The highest BCUT2D eigenvalue weighted by Gasteiger charge is 2.52. The number of fused-ring (bicyclic) bond motifs is 2. The number of rotatable bonds is 4. The molecule has 0 aromatic rings. The quantitative estimate of drug-likeness (QED) is 0.551. The number of hydrogen-bond donors (Lipinski definition) is 0. The minimum absolute atomic E-state index is 0.147. The average molecular weight is 238 g/mol. The Hall–Kier alpha value is -1.32. The van der Waals surface area contributed by atoms with Gasteiger partial charge in [-0.25, -0.2) is 0 Å². The molecule has 0 amide bonds. The molecule has 4 nitrogen and oxygen atoms in total. The zero-order chi connectivity index (χ0) is 12.4. The molecule has 0 heterocycles. The Labute approximate surface area is 101 Å². The first-order valence-corrected chi connectivity index (χ1v) is 6.20. The molecule has 0 N–H and O–H groups in total. The summed E-state index contributed by atoms with van der Waals surface area (Å²) >= 11 is 0. The van der Waals surface area contributed by atoms with Gasteiger partial charge in [0.15, 0.2) is 0 Å². The van der Waals surface area contributed by atoms with E-state index in [0.29, 0.717) is 13.2 Å². The number of carbonyl (C=O) groups excluding carboxylic acids is 2. The molecule has 94 valence electrons. The molecule has 1 fully saturated rings. The lowest BCUT2D eigenvalue weighted by Gasteiger charge is -2.24. The third-order valence-electron chi connectivity index (χ3n) is 3.58. The molecule has 17 heavy (non-hydrogen) atoms. The second-order valence-corrected chi connectivity index (χ2v) is 4.50. The van der Waals surface area contributed by atoms with E-state index in [2.05, 4.69) is 0 Å². The molecule has 0 saturated heterocycles. The number of carbonyl (C=O) groups is 2. The van der Waals surface area contributed by atoms with E-state index in [1.807, 2.05) is 12.2 Å². The molecule has 1 saturated carbocycles. The number of allylic oxidation sites excluding steroid dienone is 2. The fourth-order valence-electron chi connectivity index (χ4n) is 2.94. The first-order valence-electron chi connectivity index (χ1n) is 6.20. The highest BCUT2D eigenvalue weighted by atomic mass is 16.5. The fraction of sp³-hybridized carbons (Fsp3) is 0.692. The SMILES string of the molecule is CCOC(=O)C1C(C(=O)OCC)[C@H]2C=C[C@@H]1C2. The van der Waals surface area contributed by atoms with Gasteiger partial charge in [-0.05, 0) is 32.1 Å². The minimum Gasteiger partial charge on any atom is -0.466 e. The zero-order valence-electron chi connectivity index (χ0n) is 10.2. The van der Waals surface area contributed by atoms with E-state index in [4.69, 9.17) is 9.47 Å². The van der Waals surface area contributed by atoms with Crippen molar-refractivity contribution in [2.75, 3.05) is 13.2 Å². The van der Waals surface area contributed by atoms with Gasteiger partial charge in [0, 0.05) is 0 Å². The minimum atomic E-state index is -0.344. The van der Waals surface area contributed by atoms with Crippen molar-refractivity contribution in [1.29, 1.82) is 0 Å². The molecule has 4 heteroatoms. The average Bonchev–Trinajstić information content (AvgIpc) is 2.89. The predicted molar refractivity (Wildman–Crippen MR) is 61.0 cm³/mol. The normalized spacial score (nSPS) is 33.8. The lowest BCUT2D eigenvalue weighted by atomic mass is 9.83. The summed E-state index contributed by atoms with van der Waals surface area (Å²) in [5, 5.41) is 0. The van der Waals surface area contributed by atoms with Crippen LogP contribution < -0.4 is 0 Å². The Morgan fingerprint density at radius 3 is 1.76 bits per heavy atom. The molecule has 0 aromatic heterocycles. The van der Waals surface area contributed by atoms with Crippen molar-refractivity contribution in [2.45, 2.75) is 20.3 Å². The molecule has 2 aliphatic rings. The van der Waals surface area contributed by atoms with Crippen molar-refractivity contribution in [3.63, 3.8) is 0 Å². The summed E-state index contributed by atoms with van der Waals surface area (Å²) in [7, 11) is 0. The van der Waals surface area contributed by atoms with Crippen LogP contribution in [0.4, 0.5) is 0 Å². The smallest absolute Gasteiger partial charge is 0.310 e. The molecule has 2 bridgehead atoms. The molecule has 2 rings (SSSR count). The van der Waals surface area contributed by atoms with Crippen LogP contribution in [0.1, 0.15) is 20.3 Å². The van der Waals surface area contributed by atoms with Gasteiger partial charge in [0.05, 0.1) is 25.0 Å². The van der Waals surface area contributed by atoms with E-state index in [1.165, 1.54) is 0 Å². The molecule has 2 unspecified atom stereocenters. The third kappa shape index (κ3) is 2.08. The van der Waals surface area contributed by atoms with Gasteiger partial charge in [-0.15, -0.1) is 0 Å². The van der Waals surface area contributed by atoms with Crippen LogP contribution in [0, 0.1) is 23.7 Å². The first-order chi connectivity index (χ1) is 8.19. The monoisotopic (exact) mass is 238 g/mol. The van der Waals surface area contributed by atoms with E-state index < -0.39 is 0 Å². The fourth-order valence-corrected chi connectivity index (χ4v) is 2.94. The van der Waals surface area contributed by atoms with E-state index in [-0.39, 0.29) is 35.6 Å². The van der Waals surface area contributed by atoms with Crippen molar-refractivity contribution >= 4 is 11.9 Å². The van der Waals surface area contributed by atoms with Gasteiger partial charge in [-0.1, -0.05) is 12.2 Å². The van der Waals surface area contributed by atoms with Gasteiger partial charge >= 0.3 is 11.9 Å². The molecular formula is C13H18O4. The Balaban J connectivity index is 2.14. The van der Waals surface area contributed by atoms with Crippen LogP contribution in [0.25, 0.3) is 0 Å². The topological polar surface area (TPSA) is 52.6 Å². The van der Waals surface area contributed by atoms with E-state index in [1.54, 1.807) is 13.8 Å². The number of hydrogen-bond acceptors (Lipinski definition) is 4. The highest BCUT2D eigenvalue weighted by Crippen LogP contribution is 2.48. The van der Waals surface area contributed by atoms with Crippen molar-refractivity contribution in [2.24, 2.45) is 23.7 Å². The van der Waals surface area contributed by atoms with Crippen LogP contribution in [-0.2, 0) is 19.1 Å². The van der Waals surface area contributed by atoms with Crippen LogP contribution >= 0.6 is 0 Å². The summed E-state index contributed by atoms with van der Waals surface area (Å²) in [4.78, 5) is 23.8. The maximum absolute atomic E-state index is 11.9. The lowest BCUT2D eigenvalue weighted by Crippen LogP contribution is -2.35. The molecule has 0 spiro atoms. The van der Waals surface area contributed by atoms with Gasteiger partial charge in [-0.3, -0.25) is 9.59 Å². The van der Waals surface area contributed by atoms with Crippen molar-refractivity contribution < 1.29 is 19.1 Å². The third-order valence-corrected chi connectivity index (χ3v) is 3.58. The summed E-state index contributed by atoms with van der Waals surface area (Å²) in [6.07, 6.45) is 4.93. The van der Waals surface area contributed by atoms with Gasteiger partial charge in [-0.2, -0.15) is 0 Å². The zero-order valence-corrected chi connectivity index (χ0v) is 10.2. The van der Waals surface area contributed by atoms with E-state index in [9.17, 15) is 9.59 Å². The molecule has 0 radical (unpaired) electrons. The first kappa shape index (κ1) is 12.1. The Morgan fingerprint density at radius 2 is 1.41 bits per heavy atom. The molecule has 0 aliphatic heterocycles. The van der Waals surface area contributed by atoms with Gasteiger partial charge in [0.25, 0.3) is 0 Å². The predicted octanol–water partition coefficient (Wildman–Crippen LogP) is 1.55. The Kier molecular flexibility index (Phi) is 3.50. The molecular weight excluding hydrogens is 220 g/mol. The van der Waals surface area contributed by atoms with Crippen molar-refractivity contribution in [1.82, 2.24) is 0 Å². The Bertz CT molecular complexity index is 315. The second-order valence-electron chi connectivity index (χ2n) is 4.50. The standard InChI is InChI=1S/C13H18O4/c1-3-16-12(14)10-8-5-6-9(7-8)11(10)13(15)17-4-2/h5-6,8-11H,3-4,7H2,1-2H3/t8-,9+,10?,11?. The van der Waals surface area contributed by atoms with Gasteiger partial charge < -0.3 is 9.47 Å². The maximum Gasteiger partial charge on any atom is 0.310 e. The summed E-state index contributed by atoms with van der Waals surface area (Å²) < 4.78 is 10.1. The van der Waals surface area contributed by atoms with E-state index >= 15 is 0 Å². The summed E-state index contributed by atoms with van der Waals surface area (Å²) in [6, 6.07) is 0. The van der Waals surface area contributed by atoms with Crippen molar-refractivity contribution in [3.05, 3.63) is 12.2 Å². The van der Waals surface area contributed by atoms with Crippen LogP contribution in [0.15, 0.2) is 12.2 Å². The van der Waals surface area contributed by atoms with Gasteiger partial charge in [0.1, 0.15) is 0 Å². The van der Waals surface area contributed by atoms with Gasteiger partial charge in [0.2, 0.25) is 0 Å². The molecule has 4 atom stereocenters. The van der Waals surface area contributed by atoms with Crippen LogP contribution in [0.3, 0.4) is 0 Å². The lowest BCUT2D eigenvalue weighted by molar-refractivity contribution is -0.160.